The Labute approximate surface area is 190 Å². The van der Waals surface area contributed by atoms with Gasteiger partial charge >= 0.3 is 12.0 Å². The van der Waals surface area contributed by atoms with Crippen LogP contribution in [0.3, 0.4) is 0 Å². The van der Waals surface area contributed by atoms with Crippen LogP contribution in [0, 0.1) is 11.3 Å². The number of hydrogen-bond donors (Lipinski definition) is 2. The molecule has 31 heavy (non-hydrogen) atoms. The Balaban J connectivity index is 1.89. The van der Waals surface area contributed by atoms with Crippen LogP contribution in [-0.4, -0.2) is 28.6 Å². The molecule has 0 aromatic heterocycles. The molecule has 3 rings (SSSR count). The summed E-state index contributed by atoms with van der Waals surface area (Å²) in [5, 5.41) is 12.9. The highest BCUT2D eigenvalue weighted by Gasteiger charge is 2.40. The van der Waals surface area contributed by atoms with Crippen LogP contribution in [0.5, 0.6) is 0 Å². The third kappa shape index (κ3) is 5.08. The molecule has 2 amide bonds. The minimum absolute atomic E-state index is 0.0925. The number of rotatable bonds is 6. The van der Waals surface area contributed by atoms with E-state index in [9.17, 15) is 9.59 Å². The molecular formula is C25H35ClN2O3. The molecule has 2 N–H and O–H groups in total. The Morgan fingerprint density at radius 2 is 1.90 bits per heavy atom. The Hall–Kier alpha value is -2.01. The normalized spacial score (nSPS) is 24.2. The van der Waals surface area contributed by atoms with Crippen LogP contribution >= 0.6 is 11.6 Å². The van der Waals surface area contributed by atoms with Gasteiger partial charge in [0.2, 0.25) is 0 Å². The number of hydrogen-bond acceptors (Lipinski definition) is 2. The molecular weight excluding hydrogens is 412 g/mol. The van der Waals surface area contributed by atoms with Crippen LogP contribution < -0.4 is 5.32 Å². The van der Waals surface area contributed by atoms with Crippen molar-refractivity contribution in [2.24, 2.45) is 11.3 Å². The number of amides is 2. The molecule has 1 aliphatic heterocycles. The zero-order valence-corrected chi connectivity index (χ0v) is 20.1. The van der Waals surface area contributed by atoms with E-state index >= 15 is 0 Å². The van der Waals surface area contributed by atoms with Gasteiger partial charge in [0, 0.05) is 17.8 Å². The van der Waals surface area contributed by atoms with Gasteiger partial charge in [-0.25, -0.2) is 4.79 Å². The van der Waals surface area contributed by atoms with E-state index in [0.29, 0.717) is 11.3 Å². The van der Waals surface area contributed by atoms with Crippen molar-refractivity contribution in [3.63, 3.8) is 0 Å². The molecule has 0 spiro atoms. The standard InChI is InChI=1S/C25H35ClN2O3/c1-16(2)20-15-28(13-10-22(29)30)23(31)27-25(20,5)18-6-7-19(21(26)14-18)17-8-11-24(3,4)12-9-17/h6-7,14-17H,8-13H2,1-5H3,(H,27,31)(H,29,30)/t25-/m1/s1. The molecule has 2 aliphatic rings. The Kier molecular flexibility index (Phi) is 6.75. The second-order valence-electron chi connectivity index (χ2n) is 10.3. The van der Waals surface area contributed by atoms with Crippen LogP contribution in [0.25, 0.3) is 0 Å². The lowest BCUT2D eigenvalue weighted by molar-refractivity contribution is -0.137. The van der Waals surface area contributed by atoms with E-state index < -0.39 is 11.5 Å². The zero-order valence-electron chi connectivity index (χ0n) is 19.3. The van der Waals surface area contributed by atoms with Crippen molar-refractivity contribution in [2.75, 3.05) is 6.54 Å². The molecule has 0 bridgehead atoms. The van der Waals surface area contributed by atoms with Crippen molar-refractivity contribution < 1.29 is 14.7 Å². The van der Waals surface area contributed by atoms with Crippen LogP contribution in [0.15, 0.2) is 30.0 Å². The number of carboxylic acid groups (broad SMARTS) is 1. The summed E-state index contributed by atoms with van der Waals surface area (Å²) in [6.07, 6.45) is 6.43. The van der Waals surface area contributed by atoms with Gasteiger partial charge in [-0.1, -0.05) is 51.4 Å². The topological polar surface area (TPSA) is 69.6 Å². The first-order chi connectivity index (χ1) is 14.4. The summed E-state index contributed by atoms with van der Waals surface area (Å²) in [5.41, 5.74) is 2.89. The number of aliphatic carboxylic acids is 1. The van der Waals surface area contributed by atoms with Crippen molar-refractivity contribution in [2.45, 2.75) is 78.2 Å². The lowest BCUT2D eigenvalue weighted by atomic mass is 9.71. The predicted molar refractivity (Wildman–Crippen MR) is 124 cm³/mol. The maximum Gasteiger partial charge on any atom is 0.322 e. The number of urea groups is 1. The number of benzene rings is 1. The lowest BCUT2D eigenvalue weighted by Gasteiger charge is -2.42. The quantitative estimate of drug-likeness (QED) is 0.540. The van der Waals surface area contributed by atoms with E-state index in [0.717, 1.165) is 29.0 Å². The Morgan fingerprint density at radius 3 is 2.45 bits per heavy atom. The molecule has 0 unspecified atom stereocenters. The number of nitrogens with one attached hydrogen (secondary N) is 1. The van der Waals surface area contributed by atoms with Gasteiger partial charge in [0.25, 0.3) is 0 Å². The average Bonchev–Trinajstić information content (AvgIpc) is 2.67. The summed E-state index contributed by atoms with van der Waals surface area (Å²) in [4.78, 5) is 25.2. The highest BCUT2D eigenvalue weighted by molar-refractivity contribution is 6.31. The van der Waals surface area contributed by atoms with Crippen molar-refractivity contribution in [3.8, 4) is 0 Å². The van der Waals surface area contributed by atoms with E-state index in [1.807, 2.05) is 19.2 Å². The van der Waals surface area contributed by atoms with E-state index in [1.54, 1.807) is 0 Å². The summed E-state index contributed by atoms with van der Waals surface area (Å²) in [7, 11) is 0. The van der Waals surface area contributed by atoms with Gasteiger partial charge in [0.05, 0.1) is 12.0 Å². The summed E-state index contributed by atoms with van der Waals surface area (Å²) < 4.78 is 0. The first kappa shape index (κ1) is 23.6. The number of carboxylic acids is 1. The monoisotopic (exact) mass is 446 g/mol. The van der Waals surface area contributed by atoms with Crippen molar-refractivity contribution in [3.05, 3.63) is 46.1 Å². The molecule has 1 saturated carbocycles. The first-order valence-electron chi connectivity index (χ1n) is 11.3. The van der Waals surface area contributed by atoms with Gasteiger partial charge in [-0.2, -0.15) is 0 Å². The number of carbonyl (C=O) groups excluding carboxylic acids is 1. The summed E-state index contributed by atoms with van der Waals surface area (Å²) >= 11 is 6.78. The third-order valence-electron chi connectivity index (χ3n) is 7.04. The summed E-state index contributed by atoms with van der Waals surface area (Å²) in [6.45, 7) is 11.0. The summed E-state index contributed by atoms with van der Waals surface area (Å²) in [6, 6.07) is 5.93. The van der Waals surface area contributed by atoms with E-state index in [4.69, 9.17) is 16.7 Å². The van der Waals surface area contributed by atoms with Crippen molar-refractivity contribution in [1.29, 1.82) is 0 Å². The molecule has 5 nitrogen and oxygen atoms in total. The molecule has 0 radical (unpaired) electrons. The molecule has 1 fully saturated rings. The highest BCUT2D eigenvalue weighted by atomic mass is 35.5. The second-order valence-corrected chi connectivity index (χ2v) is 10.7. The number of nitrogens with zero attached hydrogens (tertiary/aromatic N) is 1. The predicted octanol–water partition coefficient (Wildman–Crippen LogP) is 6.28. The molecule has 1 aromatic carbocycles. The van der Waals surface area contributed by atoms with Gasteiger partial charge in [-0.15, -0.1) is 0 Å². The minimum atomic E-state index is -0.922. The fourth-order valence-electron chi connectivity index (χ4n) is 4.94. The van der Waals surface area contributed by atoms with Crippen LogP contribution in [0.4, 0.5) is 4.79 Å². The zero-order chi connectivity index (χ0) is 23.0. The number of carbonyl (C=O) groups is 2. The smallest absolute Gasteiger partial charge is 0.322 e. The van der Waals surface area contributed by atoms with Gasteiger partial charge in [0.1, 0.15) is 0 Å². The van der Waals surface area contributed by atoms with Gasteiger partial charge in [-0.05, 0) is 72.6 Å². The molecule has 6 heteroatoms. The fraction of sp³-hybridized carbons (Fsp3) is 0.600. The maximum atomic E-state index is 12.8. The average molecular weight is 447 g/mol. The van der Waals surface area contributed by atoms with E-state index in [1.165, 1.54) is 23.3 Å². The number of halogens is 1. The molecule has 1 heterocycles. The Bertz CT molecular complexity index is 883. The lowest BCUT2D eigenvalue weighted by Crippen LogP contribution is -2.55. The van der Waals surface area contributed by atoms with Gasteiger partial charge in [0.15, 0.2) is 0 Å². The Morgan fingerprint density at radius 1 is 1.26 bits per heavy atom. The third-order valence-corrected chi connectivity index (χ3v) is 7.36. The SMILES string of the molecule is CC(C)C1=CN(CCC(=O)O)C(=O)N[C@]1(C)c1ccc(C2CCC(C)(C)CC2)c(Cl)c1. The maximum absolute atomic E-state index is 12.8. The summed E-state index contributed by atoms with van der Waals surface area (Å²) in [5.74, 6) is -0.277. The van der Waals surface area contributed by atoms with Gasteiger partial charge in [-0.3, -0.25) is 4.79 Å². The fourth-order valence-corrected chi connectivity index (χ4v) is 5.28. The van der Waals surface area contributed by atoms with Crippen molar-refractivity contribution in [1.82, 2.24) is 10.2 Å². The van der Waals surface area contributed by atoms with Crippen LogP contribution in [-0.2, 0) is 10.3 Å². The van der Waals surface area contributed by atoms with Crippen LogP contribution in [0.2, 0.25) is 5.02 Å². The molecule has 1 aromatic rings. The second kappa shape index (κ2) is 8.85. The van der Waals surface area contributed by atoms with Gasteiger partial charge < -0.3 is 15.3 Å². The van der Waals surface area contributed by atoms with Crippen molar-refractivity contribution >= 4 is 23.6 Å². The van der Waals surface area contributed by atoms with Crippen LogP contribution in [0.1, 0.15) is 83.8 Å². The van der Waals surface area contributed by atoms with E-state index in [2.05, 4.69) is 45.1 Å². The molecule has 170 valence electrons. The highest BCUT2D eigenvalue weighted by Crippen LogP contribution is 2.45. The molecule has 1 atom stereocenters. The van der Waals surface area contributed by atoms with E-state index in [-0.39, 0.29) is 24.9 Å². The minimum Gasteiger partial charge on any atom is -0.481 e. The largest absolute Gasteiger partial charge is 0.481 e. The molecule has 0 saturated heterocycles. The first-order valence-corrected chi connectivity index (χ1v) is 11.6. The molecule has 1 aliphatic carbocycles.